The monoisotopic (exact) mass is 366 g/mol. The second-order valence-corrected chi connectivity index (χ2v) is 6.48. The molecule has 0 saturated heterocycles. The lowest BCUT2D eigenvalue weighted by Gasteiger charge is -2.17. The molecule has 6 heteroatoms. The van der Waals surface area contributed by atoms with Crippen LogP contribution in [0.5, 0.6) is 11.5 Å². The van der Waals surface area contributed by atoms with Gasteiger partial charge in [0.2, 0.25) is 0 Å². The van der Waals surface area contributed by atoms with E-state index in [2.05, 4.69) is 13.8 Å². The molecule has 3 nitrogen and oxygen atoms in total. The molecule has 0 unspecified atom stereocenters. The van der Waals surface area contributed by atoms with Crippen molar-refractivity contribution in [2.24, 2.45) is 0 Å². The van der Waals surface area contributed by atoms with Gasteiger partial charge in [0, 0.05) is 18.2 Å². The zero-order valence-electron chi connectivity index (χ0n) is 12.7. The fraction of sp³-hybridized carbons (Fsp3) is 0.500. The number of hydrogen-bond acceptors (Lipinski definition) is 3. The van der Waals surface area contributed by atoms with Crippen molar-refractivity contribution in [2.75, 3.05) is 19.8 Å². The molecule has 0 fully saturated rings. The maximum Gasteiger partial charge on any atom is 0.141 e. The molecule has 0 atom stereocenters. The number of unbranched alkanes of at least 4 members (excludes halogenated alkanes) is 1. The molecule has 0 aliphatic carbocycles. The Labute approximate surface area is 146 Å². The Kier molecular flexibility index (Phi) is 9.03. The van der Waals surface area contributed by atoms with Crippen LogP contribution in [0.25, 0.3) is 0 Å². The molecule has 124 valence electrons. The summed E-state index contributed by atoms with van der Waals surface area (Å²) in [6.07, 6.45) is 3.05. The molecule has 0 amide bonds. The quantitative estimate of drug-likeness (QED) is 0.601. The summed E-state index contributed by atoms with van der Waals surface area (Å²) in [6.45, 7) is 5.08. The first-order valence-electron chi connectivity index (χ1n) is 7.16. The molecule has 0 spiro atoms. The van der Waals surface area contributed by atoms with E-state index in [4.69, 9.17) is 49.4 Å². The molecule has 0 aliphatic rings. The van der Waals surface area contributed by atoms with Crippen LogP contribution < -0.4 is 9.47 Å². The molecule has 1 aromatic carbocycles. The third-order valence-corrected chi connectivity index (χ3v) is 3.54. The van der Waals surface area contributed by atoms with E-state index < -0.39 is 0 Å². The van der Waals surface area contributed by atoms with E-state index in [-0.39, 0.29) is 23.6 Å². The van der Waals surface area contributed by atoms with Gasteiger partial charge in [0.25, 0.3) is 0 Å². The zero-order valence-corrected chi connectivity index (χ0v) is 15.0. The summed E-state index contributed by atoms with van der Waals surface area (Å²) < 4.78 is 11.5. The van der Waals surface area contributed by atoms with E-state index >= 15 is 0 Å². The van der Waals surface area contributed by atoms with Crippen LogP contribution in [-0.2, 0) is 0 Å². The van der Waals surface area contributed by atoms with Gasteiger partial charge in [-0.3, -0.25) is 0 Å². The zero-order chi connectivity index (χ0) is 16.5. The summed E-state index contributed by atoms with van der Waals surface area (Å²) in [5, 5.41) is 9.30. The van der Waals surface area contributed by atoms with Gasteiger partial charge in [0.15, 0.2) is 0 Å². The van der Waals surface area contributed by atoms with E-state index in [0.717, 1.165) is 12.0 Å². The van der Waals surface area contributed by atoms with E-state index in [0.29, 0.717) is 29.5 Å². The first-order chi connectivity index (χ1) is 10.5. The molecule has 1 N–H and O–H groups in total. The van der Waals surface area contributed by atoms with Crippen molar-refractivity contribution in [3.05, 3.63) is 33.3 Å². The van der Waals surface area contributed by atoms with Crippen molar-refractivity contribution >= 4 is 34.8 Å². The van der Waals surface area contributed by atoms with Crippen molar-refractivity contribution in [3.8, 4) is 11.5 Å². The maximum absolute atomic E-state index is 8.80. The van der Waals surface area contributed by atoms with Crippen LogP contribution >= 0.6 is 34.8 Å². The van der Waals surface area contributed by atoms with Crippen LogP contribution in [0.4, 0.5) is 0 Å². The topological polar surface area (TPSA) is 38.7 Å². The molecular formula is C16H21Cl3O3. The molecule has 0 saturated carbocycles. The second kappa shape index (κ2) is 10.2. The van der Waals surface area contributed by atoms with Gasteiger partial charge in [-0.1, -0.05) is 48.7 Å². The summed E-state index contributed by atoms with van der Waals surface area (Å²) in [5.41, 5.74) is 0.979. The van der Waals surface area contributed by atoms with Crippen LogP contribution in [0.1, 0.15) is 38.2 Å². The molecule has 0 bridgehead atoms. The number of ether oxygens (including phenoxy) is 2. The molecule has 0 radical (unpaired) electrons. The second-order valence-electron chi connectivity index (χ2n) is 5.06. The summed E-state index contributed by atoms with van der Waals surface area (Å²) in [5.74, 6) is 1.55. The molecule has 0 aliphatic heterocycles. The van der Waals surface area contributed by atoms with Gasteiger partial charge in [-0.2, -0.15) is 0 Å². The molecule has 22 heavy (non-hydrogen) atoms. The minimum absolute atomic E-state index is 0.164. The highest BCUT2D eigenvalue weighted by atomic mass is 35.5. The van der Waals surface area contributed by atoms with E-state index in [1.807, 2.05) is 6.07 Å². The highest BCUT2D eigenvalue weighted by Crippen LogP contribution is 2.37. The fourth-order valence-corrected chi connectivity index (χ4v) is 2.24. The van der Waals surface area contributed by atoms with Gasteiger partial charge in [0.1, 0.15) is 22.6 Å². The summed E-state index contributed by atoms with van der Waals surface area (Å²) in [7, 11) is 0. The Morgan fingerprint density at radius 3 is 2.55 bits per heavy atom. The van der Waals surface area contributed by atoms with Crippen molar-refractivity contribution < 1.29 is 14.6 Å². The molecule has 0 heterocycles. The summed E-state index contributed by atoms with van der Waals surface area (Å²) in [6, 6.07) is 3.62. The van der Waals surface area contributed by atoms with Crippen molar-refractivity contribution in [3.63, 3.8) is 0 Å². The predicted octanol–water partition coefficient (Wildman–Crippen LogP) is 5.31. The lowest BCUT2D eigenvalue weighted by molar-refractivity contribution is 0.251. The first-order valence-corrected chi connectivity index (χ1v) is 8.30. The van der Waals surface area contributed by atoms with E-state index in [9.17, 15) is 0 Å². The average molecular weight is 368 g/mol. The van der Waals surface area contributed by atoms with Crippen LogP contribution in [0.15, 0.2) is 22.7 Å². The number of hydrogen-bond donors (Lipinski definition) is 1. The fourth-order valence-electron chi connectivity index (χ4n) is 1.84. The van der Waals surface area contributed by atoms with Crippen molar-refractivity contribution in [2.45, 2.75) is 32.6 Å². The maximum atomic E-state index is 8.80. The summed E-state index contributed by atoms with van der Waals surface area (Å²) >= 11 is 17.4. The highest BCUT2D eigenvalue weighted by molar-refractivity contribution is 6.55. The van der Waals surface area contributed by atoms with Crippen LogP contribution in [0, 0.1) is 0 Å². The Morgan fingerprint density at radius 1 is 1.23 bits per heavy atom. The predicted molar refractivity (Wildman–Crippen MR) is 92.6 cm³/mol. The Bertz CT molecular complexity index is 498. The van der Waals surface area contributed by atoms with Gasteiger partial charge in [-0.05, 0) is 30.9 Å². The first kappa shape index (κ1) is 19.4. The largest absolute Gasteiger partial charge is 0.492 e. The Hall–Kier alpha value is -0.610. The normalized spacial score (nSPS) is 10.7. The standard InChI is InChI=1S/C16H21Cl3O3/c1-11(2)13-9-12(21-8-5-15(18)19)10-14(17)16(13)22-7-4-3-6-20/h5,9-11,20H,3-4,6-8H2,1-2H3. The van der Waals surface area contributed by atoms with E-state index in [1.165, 1.54) is 0 Å². The lowest BCUT2D eigenvalue weighted by Crippen LogP contribution is -2.04. The minimum atomic E-state index is 0.164. The SMILES string of the molecule is CC(C)c1cc(OCC=C(Cl)Cl)cc(Cl)c1OCCCCO. The smallest absolute Gasteiger partial charge is 0.141 e. The average Bonchev–Trinajstić information content (AvgIpc) is 2.44. The minimum Gasteiger partial charge on any atom is -0.492 e. The van der Waals surface area contributed by atoms with Gasteiger partial charge in [-0.15, -0.1) is 0 Å². The number of aliphatic hydroxyl groups excluding tert-OH is 1. The van der Waals surface area contributed by atoms with Crippen molar-refractivity contribution in [1.82, 2.24) is 0 Å². The number of aliphatic hydroxyl groups is 1. The lowest BCUT2D eigenvalue weighted by atomic mass is 10.0. The molecule has 1 aromatic rings. The van der Waals surface area contributed by atoms with Crippen LogP contribution in [-0.4, -0.2) is 24.9 Å². The highest BCUT2D eigenvalue weighted by Gasteiger charge is 2.14. The van der Waals surface area contributed by atoms with Gasteiger partial charge >= 0.3 is 0 Å². The van der Waals surface area contributed by atoms with Gasteiger partial charge in [-0.25, -0.2) is 0 Å². The van der Waals surface area contributed by atoms with Crippen LogP contribution in [0.2, 0.25) is 5.02 Å². The third kappa shape index (κ3) is 6.66. The number of benzene rings is 1. The van der Waals surface area contributed by atoms with E-state index in [1.54, 1.807) is 12.1 Å². The van der Waals surface area contributed by atoms with Gasteiger partial charge < -0.3 is 14.6 Å². The Balaban J connectivity index is 2.86. The third-order valence-electron chi connectivity index (χ3n) is 2.95. The number of halogens is 3. The number of rotatable bonds is 9. The Morgan fingerprint density at radius 2 is 1.95 bits per heavy atom. The van der Waals surface area contributed by atoms with Crippen molar-refractivity contribution in [1.29, 1.82) is 0 Å². The molecule has 1 rings (SSSR count). The molecule has 0 aromatic heterocycles. The molecular weight excluding hydrogens is 347 g/mol. The van der Waals surface area contributed by atoms with Crippen LogP contribution in [0.3, 0.4) is 0 Å². The summed E-state index contributed by atoms with van der Waals surface area (Å²) in [4.78, 5) is 0. The van der Waals surface area contributed by atoms with Gasteiger partial charge in [0.05, 0.1) is 11.6 Å².